The molecule has 0 radical (unpaired) electrons. The molecule has 6 heteroatoms. The molecule has 0 aliphatic heterocycles. The Hall–Kier alpha value is -3.15. The number of carbonyl (C=O) groups is 3. The van der Waals surface area contributed by atoms with E-state index in [2.05, 4.69) is 93.7 Å². The summed E-state index contributed by atoms with van der Waals surface area (Å²) in [6, 6.07) is 0. The Labute approximate surface area is 440 Å². The van der Waals surface area contributed by atoms with Crippen LogP contribution < -0.4 is 0 Å². The largest absolute Gasteiger partial charge is 0.462 e. The van der Waals surface area contributed by atoms with Gasteiger partial charge in [0.25, 0.3) is 0 Å². The summed E-state index contributed by atoms with van der Waals surface area (Å²) in [6.45, 7) is 6.45. The monoisotopic (exact) mass is 991 g/mol. The van der Waals surface area contributed by atoms with Gasteiger partial charge in [0.2, 0.25) is 0 Å². The summed E-state index contributed by atoms with van der Waals surface area (Å²) in [5.74, 6) is -0.906. The summed E-state index contributed by atoms with van der Waals surface area (Å²) in [7, 11) is 0. The standard InChI is InChI=1S/C65H114O6/c1-4-7-10-13-15-17-19-21-23-25-27-29-30-31-32-33-34-36-37-39-41-43-45-47-49-52-55-58-64(67)70-61-62(60-69-63(66)57-54-51-12-9-6-3)71-65(68)59-56-53-50-48-46-44-42-40-38-35-28-26-24-22-20-18-16-14-11-8-5-2/h8,11,16,18,22,24-25,27-28,35,40,42,62H,4-7,9-10,12-15,17,19-21,23,26,29-34,36-39,41,43-61H2,1-3H3/b11-8-,18-16-,24-22-,27-25-,35-28-,42-40-. The molecular formula is C65H114O6. The van der Waals surface area contributed by atoms with Crippen molar-refractivity contribution in [3.8, 4) is 0 Å². The first kappa shape index (κ1) is 67.8. The minimum atomic E-state index is -0.782. The van der Waals surface area contributed by atoms with Gasteiger partial charge in [-0.25, -0.2) is 0 Å². The first-order valence-corrected chi connectivity index (χ1v) is 30.4. The third kappa shape index (κ3) is 57.6. The summed E-state index contributed by atoms with van der Waals surface area (Å²) in [5, 5.41) is 0. The van der Waals surface area contributed by atoms with Gasteiger partial charge in [0.15, 0.2) is 6.10 Å². The van der Waals surface area contributed by atoms with Gasteiger partial charge in [-0.05, 0) is 89.9 Å². The number of ether oxygens (including phenoxy) is 3. The van der Waals surface area contributed by atoms with E-state index in [0.717, 1.165) is 116 Å². The highest BCUT2D eigenvalue weighted by Gasteiger charge is 2.19. The van der Waals surface area contributed by atoms with E-state index in [-0.39, 0.29) is 31.1 Å². The summed E-state index contributed by atoms with van der Waals surface area (Å²) < 4.78 is 16.7. The van der Waals surface area contributed by atoms with E-state index in [9.17, 15) is 14.4 Å². The number of carbonyl (C=O) groups excluding carboxylic acids is 3. The van der Waals surface area contributed by atoms with Crippen molar-refractivity contribution < 1.29 is 28.6 Å². The number of hydrogen-bond acceptors (Lipinski definition) is 6. The lowest BCUT2D eigenvalue weighted by Gasteiger charge is -2.18. The third-order valence-electron chi connectivity index (χ3n) is 13.2. The molecule has 0 aromatic rings. The van der Waals surface area contributed by atoms with Gasteiger partial charge >= 0.3 is 17.9 Å². The zero-order valence-corrected chi connectivity index (χ0v) is 47.0. The second-order valence-electron chi connectivity index (χ2n) is 20.2. The molecule has 1 atom stereocenters. The first-order valence-electron chi connectivity index (χ1n) is 30.4. The average Bonchev–Trinajstić information content (AvgIpc) is 3.37. The lowest BCUT2D eigenvalue weighted by atomic mass is 10.0. The van der Waals surface area contributed by atoms with Gasteiger partial charge in [0.05, 0.1) is 0 Å². The normalized spacial score (nSPS) is 12.5. The fourth-order valence-electron chi connectivity index (χ4n) is 8.64. The molecule has 0 heterocycles. The Morgan fingerprint density at radius 2 is 0.549 bits per heavy atom. The fraction of sp³-hybridized carbons (Fsp3) is 0.769. The van der Waals surface area contributed by atoms with Crippen LogP contribution in [0, 0.1) is 0 Å². The third-order valence-corrected chi connectivity index (χ3v) is 13.2. The second-order valence-corrected chi connectivity index (χ2v) is 20.2. The fourth-order valence-corrected chi connectivity index (χ4v) is 8.64. The lowest BCUT2D eigenvalue weighted by molar-refractivity contribution is -0.167. The van der Waals surface area contributed by atoms with Crippen LogP contribution in [-0.2, 0) is 28.6 Å². The van der Waals surface area contributed by atoms with Crippen LogP contribution in [0.25, 0.3) is 0 Å². The Morgan fingerprint density at radius 3 is 0.873 bits per heavy atom. The number of rotatable bonds is 55. The molecule has 0 saturated heterocycles. The van der Waals surface area contributed by atoms with Crippen LogP contribution in [-0.4, -0.2) is 37.2 Å². The zero-order valence-electron chi connectivity index (χ0n) is 47.0. The van der Waals surface area contributed by atoms with Gasteiger partial charge in [0, 0.05) is 19.3 Å². The molecule has 0 saturated carbocycles. The van der Waals surface area contributed by atoms with E-state index in [1.165, 1.54) is 148 Å². The highest BCUT2D eigenvalue weighted by molar-refractivity contribution is 5.71. The smallest absolute Gasteiger partial charge is 0.306 e. The van der Waals surface area contributed by atoms with Crippen LogP contribution in [0.1, 0.15) is 303 Å². The maximum absolute atomic E-state index is 12.8. The van der Waals surface area contributed by atoms with E-state index in [1.807, 2.05) is 0 Å². The van der Waals surface area contributed by atoms with E-state index in [0.29, 0.717) is 19.3 Å². The van der Waals surface area contributed by atoms with Crippen molar-refractivity contribution >= 4 is 17.9 Å². The molecule has 0 aliphatic rings. The summed E-state index contributed by atoms with van der Waals surface area (Å²) >= 11 is 0. The molecule has 0 bridgehead atoms. The Kier molecular flexibility index (Phi) is 56.8. The Balaban J connectivity index is 4.06. The van der Waals surface area contributed by atoms with E-state index < -0.39 is 6.10 Å². The number of esters is 3. The van der Waals surface area contributed by atoms with Crippen LogP contribution in [0.3, 0.4) is 0 Å². The molecule has 6 nitrogen and oxygen atoms in total. The van der Waals surface area contributed by atoms with Crippen LogP contribution in [0.2, 0.25) is 0 Å². The Morgan fingerprint density at radius 1 is 0.296 bits per heavy atom. The topological polar surface area (TPSA) is 78.9 Å². The summed E-state index contributed by atoms with van der Waals surface area (Å²) in [5.41, 5.74) is 0. The SMILES string of the molecule is CC/C=C\C/C=C\C/C=C\C/C=C\C/C=C\CCCCCCCC(=O)OC(COC(=O)CCCCCCC)COC(=O)CCCCCCCCCCCCCCCCC/C=C\CCCCCCCCCC. The van der Waals surface area contributed by atoms with Gasteiger partial charge in [-0.3, -0.25) is 14.4 Å². The average molecular weight is 992 g/mol. The molecule has 71 heavy (non-hydrogen) atoms. The molecule has 0 N–H and O–H groups in total. The van der Waals surface area contributed by atoms with E-state index >= 15 is 0 Å². The van der Waals surface area contributed by atoms with Crippen molar-refractivity contribution in [3.63, 3.8) is 0 Å². The molecule has 0 rings (SSSR count). The summed E-state index contributed by atoms with van der Waals surface area (Å²) in [4.78, 5) is 37.9. The number of hydrogen-bond donors (Lipinski definition) is 0. The highest BCUT2D eigenvalue weighted by atomic mass is 16.6. The molecule has 0 aromatic heterocycles. The Bertz CT molecular complexity index is 1320. The van der Waals surface area contributed by atoms with Crippen LogP contribution in [0.15, 0.2) is 72.9 Å². The van der Waals surface area contributed by atoms with Crippen LogP contribution in [0.5, 0.6) is 0 Å². The van der Waals surface area contributed by atoms with Gasteiger partial charge in [-0.15, -0.1) is 0 Å². The quantitative estimate of drug-likeness (QED) is 0.0261. The predicted octanol–water partition coefficient (Wildman–Crippen LogP) is 20.5. The molecule has 0 aliphatic carbocycles. The molecule has 410 valence electrons. The molecular weight excluding hydrogens is 877 g/mol. The van der Waals surface area contributed by atoms with Crippen LogP contribution in [0.4, 0.5) is 0 Å². The predicted molar refractivity (Wildman–Crippen MR) is 307 cm³/mol. The second kappa shape index (κ2) is 59.4. The molecule has 0 spiro atoms. The number of allylic oxidation sites excluding steroid dienone is 12. The van der Waals surface area contributed by atoms with Crippen molar-refractivity contribution in [2.75, 3.05) is 13.2 Å². The van der Waals surface area contributed by atoms with Crippen molar-refractivity contribution in [1.82, 2.24) is 0 Å². The molecule has 1 unspecified atom stereocenters. The van der Waals surface area contributed by atoms with Gasteiger partial charge in [0.1, 0.15) is 13.2 Å². The molecule has 0 amide bonds. The lowest BCUT2D eigenvalue weighted by Crippen LogP contribution is -2.30. The van der Waals surface area contributed by atoms with Crippen molar-refractivity contribution in [2.24, 2.45) is 0 Å². The van der Waals surface area contributed by atoms with Gasteiger partial charge < -0.3 is 14.2 Å². The summed E-state index contributed by atoms with van der Waals surface area (Å²) in [6.07, 6.45) is 76.7. The van der Waals surface area contributed by atoms with Gasteiger partial charge in [-0.1, -0.05) is 267 Å². The molecule has 0 fully saturated rings. The maximum Gasteiger partial charge on any atom is 0.306 e. The molecule has 0 aromatic carbocycles. The minimum Gasteiger partial charge on any atom is -0.462 e. The van der Waals surface area contributed by atoms with Crippen molar-refractivity contribution in [1.29, 1.82) is 0 Å². The number of unbranched alkanes of at least 4 members (excludes halogenated alkanes) is 32. The first-order chi connectivity index (χ1) is 35.0. The van der Waals surface area contributed by atoms with Gasteiger partial charge in [-0.2, -0.15) is 0 Å². The highest BCUT2D eigenvalue weighted by Crippen LogP contribution is 2.16. The minimum absolute atomic E-state index is 0.0819. The van der Waals surface area contributed by atoms with Crippen molar-refractivity contribution in [2.45, 2.75) is 309 Å². The van der Waals surface area contributed by atoms with E-state index in [1.54, 1.807) is 0 Å². The van der Waals surface area contributed by atoms with Crippen molar-refractivity contribution in [3.05, 3.63) is 72.9 Å². The maximum atomic E-state index is 12.8. The zero-order chi connectivity index (χ0) is 51.4. The van der Waals surface area contributed by atoms with Crippen LogP contribution >= 0.6 is 0 Å². The van der Waals surface area contributed by atoms with E-state index in [4.69, 9.17) is 14.2 Å².